The average Bonchev–Trinajstić information content (AvgIpc) is 2.46. The van der Waals surface area contributed by atoms with E-state index < -0.39 is 11.9 Å². The first-order valence-electron chi connectivity index (χ1n) is 7.93. The number of carboxylic acid groups (broad SMARTS) is 1. The van der Waals surface area contributed by atoms with Crippen LogP contribution >= 0.6 is 0 Å². The Labute approximate surface area is 131 Å². The summed E-state index contributed by atoms with van der Waals surface area (Å²) in [6, 6.07) is 6.22. The Bertz CT molecular complexity index is 550. The monoisotopic (exact) mass is 304 g/mol. The van der Waals surface area contributed by atoms with E-state index in [0.717, 1.165) is 19.3 Å². The predicted molar refractivity (Wildman–Crippen MR) is 83.9 cm³/mol. The van der Waals surface area contributed by atoms with Gasteiger partial charge in [0.15, 0.2) is 0 Å². The molecule has 1 aromatic rings. The van der Waals surface area contributed by atoms with Gasteiger partial charge in [-0.25, -0.2) is 9.59 Å². The topological polar surface area (TPSA) is 63.6 Å². The fourth-order valence-corrected chi connectivity index (χ4v) is 3.30. The first-order valence-corrected chi connectivity index (χ1v) is 7.93. The van der Waals surface area contributed by atoms with Gasteiger partial charge in [0.1, 0.15) is 6.10 Å². The molecular weight excluding hydrogens is 280 g/mol. The Morgan fingerprint density at radius 3 is 2.41 bits per heavy atom. The fourth-order valence-electron chi connectivity index (χ4n) is 3.30. The number of hydrogen-bond acceptors (Lipinski definition) is 3. The van der Waals surface area contributed by atoms with Crippen molar-refractivity contribution in [1.29, 1.82) is 0 Å². The van der Waals surface area contributed by atoms with Gasteiger partial charge in [-0.15, -0.1) is 0 Å². The van der Waals surface area contributed by atoms with Crippen LogP contribution in [0.15, 0.2) is 24.3 Å². The van der Waals surface area contributed by atoms with E-state index in [1.165, 1.54) is 12.1 Å². The number of ether oxygens (including phenoxy) is 1. The summed E-state index contributed by atoms with van der Waals surface area (Å²) in [6.07, 6.45) is 2.93. The van der Waals surface area contributed by atoms with Crippen molar-refractivity contribution in [1.82, 2.24) is 0 Å². The van der Waals surface area contributed by atoms with E-state index in [9.17, 15) is 14.7 Å². The summed E-state index contributed by atoms with van der Waals surface area (Å²) in [4.78, 5) is 23.7. The predicted octanol–water partition coefficient (Wildman–Crippen LogP) is 4.00. The number of aromatic carboxylic acids is 1. The molecule has 3 atom stereocenters. The van der Waals surface area contributed by atoms with E-state index in [1.54, 1.807) is 12.1 Å². The van der Waals surface area contributed by atoms with Crippen LogP contribution in [0.2, 0.25) is 0 Å². The van der Waals surface area contributed by atoms with Gasteiger partial charge in [0.05, 0.1) is 11.1 Å². The highest BCUT2D eigenvalue weighted by Gasteiger charge is 2.34. The molecule has 2 rings (SSSR count). The molecule has 4 nitrogen and oxygen atoms in total. The summed E-state index contributed by atoms with van der Waals surface area (Å²) in [6.45, 7) is 6.46. The van der Waals surface area contributed by atoms with Crippen LogP contribution in [0.1, 0.15) is 60.7 Å². The van der Waals surface area contributed by atoms with E-state index >= 15 is 0 Å². The first kappa shape index (κ1) is 16.5. The molecule has 4 heteroatoms. The summed E-state index contributed by atoms with van der Waals surface area (Å²) in [5.74, 6) is -0.313. The Kier molecular flexibility index (Phi) is 5.22. The molecule has 0 aromatic heterocycles. The van der Waals surface area contributed by atoms with Crippen LogP contribution in [0.3, 0.4) is 0 Å². The minimum Gasteiger partial charge on any atom is -0.478 e. The van der Waals surface area contributed by atoms with Gasteiger partial charge >= 0.3 is 11.9 Å². The van der Waals surface area contributed by atoms with Gasteiger partial charge in [0.25, 0.3) is 0 Å². The van der Waals surface area contributed by atoms with Crippen molar-refractivity contribution in [3.63, 3.8) is 0 Å². The molecule has 1 aliphatic rings. The second-order valence-corrected chi connectivity index (χ2v) is 6.62. The summed E-state index contributed by atoms with van der Waals surface area (Å²) in [5.41, 5.74) is 0.133. The van der Waals surface area contributed by atoms with Gasteiger partial charge in [-0.3, -0.25) is 0 Å². The standard InChI is InChI=1S/C18H24O4/c1-11(2)13-9-8-12(3)10-16(13)22-18(21)15-7-5-4-6-14(15)17(19)20/h4-7,11-13,16H,8-10H2,1-3H3,(H,19,20)/t12-,13+,16-/m1/s1. The molecule has 0 saturated heterocycles. The lowest BCUT2D eigenvalue weighted by Gasteiger charge is -2.36. The maximum Gasteiger partial charge on any atom is 0.339 e. The maximum absolute atomic E-state index is 12.4. The van der Waals surface area contributed by atoms with E-state index in [4.69, 9.17) is 4.74 Å². The van der Waals surface area contributed by atoms with E-state index in [-0.39, 0.29) is 17.2 Å². The average molecular weight is 304 g/mol. The molecule has 1 N–H and O–H groups in total. The van der Waals surface area contributed by atoms with Gasteiger partial charge in [-0.1, -0.05) is 39.3 Å². The summed E-state index contributed by atoms with van der Waals surface area (Å²) in [5, 5.41) is 9.19. The van der Waals surface area contributed by atoms with Crippen LogP contribution in [0.5, 0.6) is 0 Å². The summed E-state index contributed by atoms with van der Waals surface area (Å²) >= 11 is 0. The zero-order valence-electron chi connectivity index (χ0n) is 13.4. The van der Waals surface area contributed by atoms with Gasteiger partial charge < -0.3 is 9.84 Å². The van der Waals surface area contributed by atoms with Crippen molar-refractivity contribution >= 4 is 11.9 Å². The lowest BCUT2D eigenvalue weighted by atomic mass is 9.75. The molecule has 0 aliphatic heterocycles. The van der Waals surface area contributed by atoms with Crippen molar-refractivity contribution in [2.45, 2.75) is 46.1 Å². The third kappa shape index (κ3) is 3.67. The third-order valence-corrected chi connectivity index (χ3v) is 4.60. The van der Waals surface area contributed by atoms with Gasteiger partial charge in [-0.2, -0.15) is 0 Å². The Morgan fingerprint density at radius 1 is 1.18 bits per heavy atom. The largest absolute Gasteiger partial charge is 0.478 e. The molecule has 120 valence electrons. The molecule has 0 radical (unpaired) electrons. The smallest absolute Gasteiger partial charge is 0.339 e. The lowest BCUT2D eigenvalue weighted by Crippen LogP contribution is -2.36. The van der Waals surface area contributed by atoms with Crippen LogP contribution in [0, 0.1) is 17.8 Å². The van der Waals surface area contributed by atoms with Crippen molar-refractivity contribution in [3.8, 4) is 0 Å². The third-order valence-electron chi connectivity index (χ3n) is 4.60. The Hall–Kier alpha value is -1.84. The van der Waals surface area contributed by atoms with E-state index in [1.807, 2.05) is 0 Å². The molecule has 0 bridgehead atoms. The van der Waals surface area contributed by atoms with Crippen molar-refractivity contribution in [2.75, 3.05) is 0 Å². The van der Waals surface area contributed by atoms with Crippen LogP contribution in [0.25, 0.3) is 0 Å². The highest BCUT2D eigenvalue weighted by Crippen LogP contribution is 2.35. The van der Waals surface area contributed by atoms with Gasteiger partial charge in [0, 0.05) is 0 Å². The summed E-state index contributed by atoms with van der Waals surface area (Å²) < 4.78 is 5.71. The molecule has 1 aromatic carbocycles. The normalized spacial score (nSPS) is 25.0. The fraction of sp³-hybridized carbons (Fsp3) is 0.556. The van der Waals surface area contributed by atoms with Crippen molar-refractivity contribution < 1.29 is 19.4 Å². The number of carboxylic acids is 1. The SMILES string of the molecule is CC(C)[C@@H]1CC[C@@H](C)C[C@H]1OC(=O)c1ccccc1C(=O)O. The van der Waals surface area contributed by atoms with Crippen molar-refractivity contribution in [2.24, 2.45) is 17.8 Å². The quantitative estimate of drug-likeness (QED) is 0.854. The zero-order chi connectivity index (χ0) is 16.3. The lowest BCUT2D eigenvalue weighted by molar-refractivity contribution is -0.0176. The van der Waals surface area contributed by atoms with Gasteiger partial charge in [0.2, 0.25) is 0 Å². The molecule has 22 heavy (non-hydrogen) atoms. The Morgan fingerprint density at radius 2 is 1.82 bits per heavy atom. The second kappa shape index (κ2) is 6.95. The minimum atomic E-state index is -1.11. The van der Waals surface area contributed by atoms with Crippen LogP contribution in [0.4, 0.5) is 0 Å². The molecule has 0 amide bonds. The van der Waals surface area contributed by atoms with Gasteiger partial charge in [-0.05, 0) is 42.7 Å². The molecule has 1 aliphatic carbocycles. The molecule has 0 heterocycles. The van der Waals surface area contributed by atoms with Crippen molar-refractivity contribution in [3.05, 3.63) is 35.4 Å². The molecule has 1 saturated carbocycles. The number of carbonyl (C=O) groups excluding carboxylic acids is 1. The summed E-state index contributed by atoms with van der Waals surface area (Å²) in [7, 11) is 0. The van der Waals surface area contributed by atoms with Crippen LogP contribution < -0.4 is 0 Å². The number of benzene rings is 1. The van der Waals surface area contributed by atoms with E-state index in [2.05, 4.69) is 20.8 Å². The Balaban J connectivity index is 2.18. The maximum atomic E-state index is 12.4. The minimum absolute atomic E-state index is 0.00236. The van der Waals surface area contributed by atoms with E-state index in [0.29, 0.717) is 17.8 Å². The highest BCUT2D eigenvalue weighted by molar-refractivity contribution is 6.02. The molecule has 0 unspecified atom stereocenters. The zero-order valence-corrected chi connectivity index (χ0v) is 13.4. The first-order chi connectivity index (χ1) is 10.4. The number of rotatable bonds is 4. The highest BCUT2D eigenvalue weighted by atomic mass is 16.5. The number of hydrogen-bond donors (Lipinski definition) is 1. The molecule has 0 spiro atoms. The second-order valence-electron chi connectivity index (χ2n) is 6.62. The van der Waals surface area contributed by atoms with Crippen LogP contribution in [-0.4, -0.2) is 23.1 Å². The molecular formula is C18H24O4. The number of esters is 1. The number of carbonyl (C=O) groups is 2. The molecule has 1 fully saturated rings. The van der Waals surface area contributed by atoms with Crippen LogP contribution in [-0.2, 0) is 4.74 Å².